The highest BCUT2D eigenvalue weighted by Gasteiger charge is 2.03. The summed E-state index contributed by atoms with van der Waals surface area (Å²) in [5.74, 6) is 1.49. The molecular formula is C20H22O3. The number of methoxy groups -OCH3 is 1. The van der Waals surface area contributed by atoms with E-state index in [9.17, 15) is 4.79 Å². The van der Waals surface area contributed by atoms with Crippen LogP contribution < -0.4 is 9.47 Å². The van der Waals surface area contributed by atoms with Gasteiger partial charge in [0.25, 0.3) is 0 Å². The van der Waals surface area contributed by atoms with Crippen LogP contribution >= 0.6 is 0 Å². The Hall–Kier alpha value is -2.55. The number of allylic oxidation sites excluding steroid dienone is 1. The summed E-state index contributed by atoms with van der Waals surface area (Å²) >= 11 is 0. The van der Waals surface area contributed by atoms with Gasteiger partial charge in [0, 0.05) is 5.56 Å². The predicted octanol–water partition coefficient (Wildman–Crippen LogP) is 4.77. The van der Waals surface area contributed by atoms with Crippen LogP contribution in [0, 0.1) is 0 Å². The summed E-state index contributed by atoms with van der Waals surface area (Å²) in [6.45, 7) is 2.87. The van der Waals surface area contributed by atoms with E-state index in [-0.39, 0.29) is 5.78 Å². The Bertz CT molecular complexity index is 657. The maximum atomic E-state index is 12.2. The maximum absolute atomic E-state index is 12.2. The zero-order valence-corrected chi connectivity index (χ0v) is 13.6. The van der Waals surface area contributed by atoms with Crippen molar-refractivity contribution in [3.8, 4) is 11.5 Å². The molecule has 0 aliphatic rings. The van der Waals surface area contributed by atoms with Crippen molar-refractivity contribution in [3.63, 3.8) is 0 Å². The molecule has 0 radical (unpaired) electrons. The molecule has 0 unspecified atom stereocenters. The lowest BCUT2D eigenvalue weighted by Gasteiger charge is -2.05. The van der Waals surface area contributed by atoms with Gasteiger partial charge in [-0.05, 0) is 42.3 Å². The second-order valence-electron chi connectivity index (χ2n) is 5.20. The molecule has 0 fully saturated rings. The van der Waals surface area contributed by atoms with E-state index >= 15 is 0 Å². The van der Waals surface area contributed by atoms with E-state index < -0.39 is 0 Å². The topological polar surface area (TPSA) is 35.5 Å². The summed E-state index contributed by atoms with van der Waals surface area (Å²) in [5.41, 5.74) is 1.57. The van der Waals surface area contributed by atoms with E-state index in [1.54, 1.807) is 31.4 Å². The molecule has 3 heteroatoms. The minimum Gasteiger partial charge on any atom is -0.497 e. The summed E-state index contributed by atoms with van der Waals surface area (Å²) in [6, 6.07) is 14.9. The first-order valence-electron chi connectivity index (χ1n) is 7.82. The lowest BCUT2D eigenvalue weighted by atomic mass is 10.1. The van der Waals surface area contributed by atoms with Crippen LogP contribution in [0.4, 0.5) is 0 Å². The summed E-state index contributed by atoms with van der Waals surface area (Å²) in [7, 11) is 1.59. The molecule has 0 heterocycles. The van der Waals surface area contributed by atoms with E-state index in [1.807, 2.05) is 36.4 Å². The SMILES string of the molecule is CCCCOc1ccc(/C=C/C(=O)c2cccc(OC)c2)cc1. The molecular weight excluding hydrogens is 288 g/mol. The lowest BCUT2D eigenvalue weighted by molar-refractivity contribution is 0.104. The molecule has 2 aromatic carbocycles. The zero-order chi connectivity index (χ0) is 16.5. The zero-order valence-electron chi connectivity index (χ0n) is 13.6. The highest BCUT2D eigenvalue weighted by Crippen LogP contribution is 2.16. The Morgan fingerprint density at radius 2 is 1.87 bits per heavy atom. The first-order chi connectivity index (χ1) is 11.2. The average molecular weight is 310 g/mol. The smallest absolute Gasteiger partial charge is 0.185 e. The van der Waals surface area contributed by atoms with Crippen molar-refractivity contribution in [1.82, 2.24) is 0 Å². The molecule has 0 aliphatic carbocycles. The first-order valence-corrected chi connectivity index (χ1v) is 7.82. The predicted molar refractivity (Wildman–Crippen MR) is 93.2 cm³/mol. The van der Waals surface area contributed by atoms with Crippen LogP contribution in [-0.4, -0.2) is 19.5 Å². The summed E-state index contributed by atoms with van der Waals surface area (Å²) in [4.78, 5) is 12.2. The van der Waals surface area contributed by atoms with Gasteiger partial charge in [-0.2, -0.15) is 0 Å². The minimum absolute atomic E-state index is 0.0489. The Morgan fingerprint density at radius 3 is 2.57 bits per heavy atom. The molecule has 2 aromatic rings. The Morgan fingerprint density at radius 1 is 1.09 bits per heavy atom. The largest absolute Gasteiger partial charge is 0.497 e. The minimum atomic E-state index is -0.0489. The molecule has 2 rings (SSSR count). The van der Waals surface area contributed by atoms with E-state index in [2.05, 4.69) is 6.92 Å². The normalized spacial score (nSPS) is 10.7. The Kier molecular flexibility index (Phi) is 6.42. The van der Waals surface area contributed by atoms with Crippen molar-refractivity contribution in [2.75, 3.05) is 13.7 Å². The summed E-state index contributed by atoms with van der Waals surface area (Å²) < 4.78 is 10.7. The maximum Gasteiger partial charge on any atom is 0.185 e. The van der Waals surface area contributed by atoms with Gasteiger partial charge in [0.1, 0.15) is 11.5 Å². The van der Waals surface area contributed by atoms with Crippen molar-refractivity contribution < 1.29 is 14.3 Å². The van der Waals surface area contributed by atoms with Crippen molar-refractivity contribution in [2.45, 2.75) is 19.8 Å². The monoisotopic (exact) mass is 310 g/mol. The highest BCUT2D eigenvalue weighted by atomic mass is 16.5. The standard InChI is InChI=1S/C20H22O3/c1-3-4-14-23-18-11-8-16(9-12-18)10-13-20(21)17-6-5-7-19(15-17)22-2/h5-13,15H,3-4,14H2,1-2H3/b13-10+. The summed E-state index contributed by atoms with van der Waals surface area (Å²) in [6.07, 6.45) is 5.54. The van der Waals surface area contributed by atoms with E-state index in [0.717, 1.165) is 30.8 Å². The molecule has 120 valence electrons. The van der Waals surface area contributed by atoms with Gasteiger partial charge in [-0.1, -0.05) is 43.7 Å². The molecule has 0 spiro atoms. The first kappa shape index (κ1) is 16.8. The van der Waals surface area contributed by atoms with Gasteiger partial charge < -0.3 is 9.47 Å². The fraction of sp³-hybridized carbons (Fsp3) is 0.250. The molecule has 0 saturated carbocycles. The average Bonchev–Trinajstić information content (AvgIpc) is 2.61. The molecule has 0 aromatic heterocycles. The molecule has 3 nitrogen and oxygen atoms in total. The van der Waals surface area contributed by atoms with Crippen LogP contribution in [0.3, 0.4) is 0 Å². The van der Waals surface area contributed by atoms with Crippen molar-refractivity contribution in [2.24, 2.45) is 0 Å². The van der Waals surface area contributed by atoms with Gasteiger partial charge in [-0.3, -0.25) is 4.79 Å². The number of ether oxygens (including phenoxy) is 2. The second kappa shape index (κ2) is 8.79. The molecule has 0 atom stereocenters. The number of hydrogen-bond acceptors (Lipinski definition) is 3. The van der Waals surface area contributed by atoms with Gasteiger partial charge in [0.2, 0.25) is 0 Å². The molecule has 0 aliphatic heterocycles. The molecule has 23 heavy (non-hydrogen) atoms. The van der Waals surface area contributed by atoms with E-state index in [1.165, 1.54) is 0 Å². The van der Waals surface area contributed by atoms with E-state index in [4.69, 9.17) is 9.47 Å². The number of hydrogen-bond donors (Lipinski definition) is 0. The van der Waals surface area contributed by atoms with Gasteiger partial charge in [-0.15, -0.1) is 0 Å². The van der Waals surface area contributed by atoms with Crippen LogP contribution in [0.1, 0.15) is 35.7 Å². The van der Waals surface area contributed by atoms with Crippen molar-refractivity contribution >= 4 is 11.9 Å². The molecule has 0 saturated heterocycles. The summed E-state index contributed by atoms with van der Waals surface area (Å²) in [5, 5.41) is 0. The van der Waals surface area contributed by atoms with Gasteiger partial charge in [-0.25, -0.2) is 0 Å². The third kappa shape index (κ3) is 5.29. The van der Waals surface area contributed by atoms with Crippen LogP contribution in [-0.2, 0) is 0 Å². The van der Waals surface area contributed by atoms with Crippen LogP contribution in [0.25, 0.3) is 6.08 Å². The quantitative estimate of drug-likeness (QED) is 0.400. The van der Waals surface area contributed by atoms with Gasteiger partial charge >= 0.3 is 0 Å². The molecule has 0 N–H and O–H groups in total. The van der Waals surface area contributed by atoms with Crippen LogP contribution in [0.2, 0.25) is 0 Å². The highest BCUT2D eigenvalue weighted by molar-refractivity contribution is 6.07. The fourth-order valence-electron chi connectivity index (χ4n) is 2.05. The van der Waals surface area contributed by atoms with Crippen LogP contribution in [0.5, 0.6) is 11.5 Å². The number of ketones is 1. The number of rotatable bonds is 8. The Balaban J connectivity index is 1.97. The molecule has 0 amide bonds. The molecule has 0 bridgehead atoms. The van der Waals surface area contributed by atoms with Crippen LogP contribution in [0.15, 0.2) is 54.6 Å². The second-order valence-corrected chi connectivity index (χ2v) is 5.20. The number of carbonyl (C=O) groups is 1. The van der Waals surface area contributed by atoms with Crippen molar-refractivity contribution in [3.05, 3.63) is 65.7 Å². The van der Waals surface area contributed by atoms with Gasteiger partial charge in [0.15, 0.2) is 5.78 Å². The number of unbranched alkanes of at least 4 members (excludes halogenated alkanes) is 1. The fourth-order valence-corrected chi connectivity index (χ4v) is 2.05. The van der Waals surface area contributed by atoms with Crippen molar-refractivity contribution in [1.29, 1.82) is 0 Å². The third-order valence-corrected chi connectivity index (χ3v) is 3.43. The van der Waals surface area contributed by atoms with E-state index in [0.29, 0.717) is 11.3 Å². The number of benzene rings is 2. The van der Waals surface area contributed by atoms with Gasteiger partial charge in [0.05, 0.1) is 13.7 Å². The third-order valence-electron chi connectivity index (χ3n) is 3.43. The lowest BCUT2D eigenvalue weighted by Crippen LogP contribution is -1.96. The number of carbonyl (C=O) groups excluding carboxylic acids is 1. The Labute approximate surface area is 137 Å².